The fourth-order valence-corrected chi connectivity index (χ4v) is 3.68. The Balaban J connectivity index is 1.73. The Kier molecular flexibility index (Phi) is 6.24. The summed E-state index contributed by atoms with van der Waals surface area (Å²) in [5.41, 5.74) is 9.18. The van der Waals surface area contributed by atoms with Crippen molar-refractivity contribution in [2.75, 3.05) is 13.2 Å². The monoisotopic (exact) mass is 366 g/mol. The van der Waals surface area contributed by atoms with E-state index < -0.39 is 0 Å². The fraction of sp³-hybridized carbons (Fsp3) is 0.364. The number of hydrogen-bond donors (Lipinski definition) is 2. The number of primary amides is 1. The Labute approximate surface area is 159 Å². The van der Waals surface area contributed by atoms with Gasteiger partial charge in [0.25, 0.3) is 5.91 Å². The molecule has 5 heteroatoms. The third-order valence-electron chi connectivity index (χ3n) is 5.14. The molecule has 0 saturated carbocycles. The molecule has 0 aliphatic carbocycles. The van der Waals surface area contributed by atoms with Gasteiger partial charge in [0.15, 0.2) is 0 Å². The van der Waals surface area contributed by atoms with Crippen molar-refractivity contribution in [3.63, 3.8) is 0 Å². The first-order chi connectivity index (χ1) is 13.1. The minimum absolute atomic E-state index is 0.0363. The van der Waals surface area contributed by atoms with Gasteiger partial charge in [-0.05, 0) is 54.5 Å². The van der Waals surface area contributed by atoms with Gasteiger partial charge in [-0.2, -0.15) is 0 Å². The maximum absolute atomic E-state index is 12.9. The molecule has 3 N–H and O–H groups in total. The summed E-state index contributed by atoms with van der Waals surface area (Å²) in [4.78, 5) is 26.0. The smallest absolute Gasteiger partial charge is 0.254 e. The van der Waals surface area contributed by atoms with Crippen molar-refractivity contribution in [3.05, 3.63) is 59.7 Å². The van der Waals surface area contributed by atoms with Crippen molar-refractivity contribution >= 4 is 11.8 Å². The van der Waals surface area contributed by atoms with Crippen LogP contribution in [-0.4, -0.2) is 41.0 Å². The molecule has 1 heterocycles. The van der Waals surface area contributed by atoms with E-state index >= 15 is 0 Å². The van der Waals surface area contributed by atoms with Crippen LogP contribution in [0, 0.1) is 0 Å². The van der Waals surface area contributed by atoms with E-state index in [-0.39, 0.29) is 30.9 Å². The van der Waals surface area contributed by atoms with Crippen LogP contribution in [0.5, 0.6) is 0 Å². The number of piperidine rings is 1. The maximum atomic E-state index is 12.9. The van der Waals surface area contributed by atoms with Crippen LogP contribution in [0.3, 0.4) is 0 Å². The lowest BCUT2D eigenvalue weighted by Gasteiger charge is -2.35. The lowest BCUT2D eigenvalue weighted by atomic mass is 9.97. The van der Waals surface area contributed by atoms with Gasteiger partial charge in [-0.1, -0.05) is 36.4 Å². The summed E-state index contributed by atoms with van der Waals surface area (Å²) in [5, 5.41) is 9.00. The average molecular weight is 366 g/mol. The van der Waals surface area contributed by atoms with E-state index in [0.29, 0.717) is 18.5 Å². The molecular weight excluding hydrogens is 340 g/mol. The number of hydrogen-bond acceptors (Lipinski definition) is 3. The van der Waals surface area contributed by atoms with Crippen LogP contribution in [0.1, 0.15) is 41.6 Å². The van der Waals surface area contributed by atoms with E-state index in [1.807, 2.05) is 48.5 Å². The molecule has 0 spiro atoms. The first-order valence-corrected chi connectivity index (χ1v) is 9.48. The average Bonchev–Trinajstić information content (AvgIpc) is 2.68. The predicted molar refractivity (Wildman–Crippen MR) is 105 cm³/mol. The van der Waals surface area contributed by atoms with Gasteiger partial charge in [-0.25, -0.2) is 0 Å². The van der Waals surface area contributed by atoms with Gasteiger partial charge in [0.2, 0.25) is 5.91 Å². The Bertz CT molecular complexity index is 784. The highest BCUT2D eigenvalue weighted by Crippen LogP contribution is 2.24. The molecule has 0 unspecified atom stereocenters. The maximum Gasteiger partial charge on any atom is 0.254 e. The second kappa shape index (κ2) is 8.82. The minimum atomic E-state index is -0.361. The van der Waals surface area contributed by atoms with Crippen molar-refractivity contribution in [1.82, 2.24) is 4.90 Å². The predicted octanol–water partition coefficient (Wildman–Crippen LogP) is 2.76. The molecule has 3 rings (SSSR count). The molecule has 1 aliphatic rings. The largest absolute Gasteiger partial charge is 0.396 e. The Morgan fingerprint density at radius 2 is 1.63 bits per heavy atom. The Morgan fingerprint density at radius 1 is 1.00 bits per heavy atom. The molecule has 2 amide bonds. The molecule has 0 radical (unpaired) electrons. The molecule has 1 aliphatic heterocycles. The molecule has 0 bridgehead atoms. The van der Waals surface area contributed by atoms with Gasteiger partial charge in [0, 0.05) is 31.2 Å². The first kappa shape index (κ1) is 19.1. The number of carbonyl (C=O) groups is 2. The number of aliphatic hydroxyl groups is 1. The van der Waals surface area contributed by atoms with Crippen LogP contribution in [0.2, 0.25) is 0 Å². The van der Waals surface area contributed by atoms with Crippen LogP contribution in [-0.2, 0) is 11.2 Å². The standard InChI is InChI=1S/C22H26N2O3/c23-21(26)15-20-3-1-2-13-24(20)22(27)19-10-8-18(9-11-19)17-6-4-16(5-7-17)12-14-25/h4-11,20,25H,1-3,12-15H2,(H2,23,26)/t20-/m0/s1. The van der Waals surface area contributed by atoms with Crippen molar-refractivity contribution < 1.29 is 14.7 Å². The van der Waals surface area contributed by atoms with E-state index in [4.69, 9.17) is 10.8 Å². The molecule has 2 aromatic rings. The van der Waals surface area contributed by atoms with Gasteiger partial charge in [0.1, 0.15) is 0 Å². The molecule has 5 nitrogen and oxygen atoms in total. The zero-order valence-corrected chi connectivity index (χ0v) is 15.4. The third kappa shape index (κ3) is 4.74. The van der Waals surface area contributed by atoms with E-state index in [1.165, 1.54) is 0 Å². The van der Waals surface area contributed by atoms with Crippen molar-refractivity contribution in [3.8, 4) is 11.1 Å². The fourth-order valence-electron chi connectivity index (χ4n) is 3.68. The third-order valence-corrected chi connectivity index (χ3v) is 5.14. The number of benzene rings is 2. The normalized spacial score (nSPS) is 16.9. The zero-order valence-electron chi connectivity index (χ0n) is 15.4. The van der Waals surface area contributed by atoms with Crippen LogP contribution >= 0.6 is 0 Å². The summed E-state index contributed by atoms with van der Waals surface area (Å²) < 4.78 is 0. The Hall–Kier alpha value is -2.66. The van der Waals surface area contributed by atoms with Gasteiger partial charge in [0.05, 0.1) is 0 Å². The molecule has 0 aromatic heterocycles. The SMILES string of the molecule is NC(=O)C[C@@H]1CCCCN1C(=O)c1ccc(-c2ccc(CCO)cc2)cc1. The van der Waals surface area contributed by atoms with Gasteiger partial charge in [-0.3, -0.25) is 9.59 Å². The second-order valence-electron chi connectivity index (χ2n) is 7.07. The van der Waals surface area contributed by atoms with E-state index in [0.717, 1.165) is 36.0 Å². The van der Waals surface area contributed by atoms with E-state index in [2.05, 4.69) is 0 Å². The number of amides is 2. The van der Waals surface area contributed by atoms with Crippen LogP contribution in [0.15, 0.2) is 48.5 Å². The molecule has 1 atom stereocenters. The summed E-state index contributed by atoms with van der Waals surface area (Å²) in [6, 6.07) is 15.5. The molecule has 2 aromatic carbocycles. The molecular formula is C22H26N2O3. The lowest BCUT2D eigenvalue weighted by molar-refractivity contribution is -0.119. The number of likely N-dealkylation sites (tertiary alicyclic amines) is 1. The topological polar surface area (TPSA) is 83.6 Å². The van der Waals surface area contributed by atoms with Crippen LogP contribution in [0.25, 0.3) is 11.1 Å². The Morgan fingerprint density at radius 3 is 2.22 bits per heavy atom. The number of nitrogens with zero attached hydrogens (tertiary/aromatic N) is 1. The van der Waals surface area contributed by atoms with Crippen molar-refractivity contribution in [1.29, 1.82) is 0 Å². The lowest BCUT2D eigenvalue weighted by Crippen LogP contribution is -2.45. The van der Waals surface area contributed by atoms with E-state index in [1.54, 1.807) is 4.90 Å². The van der Waals surface area contributed by atoms with Gasteiger partial charge >= 0.3 is 0 Å². The molecule has 1 saturated heterocycles. The summed E-state index contributed by atoms with van der Waals surface area (Å²) in [6.07, 6.45) is 3.68. The highest BCUT2D eigenvalue weighted by Gasteiger charge is 2.28. The molecule has 142 valence electrons. The second-order valence-corrected chi connectivity index (χ2v) is 7.07. The summed E-state index contributed by atoms with van der Waals surface area (Å²) in [7, 11) is 0. The summed E-state index contributed by atoms with van der Waals surface area (Å²) in [5.74, 6) is -0.398. The quantitative estimate of drug-likeness (QED) is 0.824. The van der Waals surface area contributed by atoms with Crippen molar-refractivity contribution in [2.24, 2.45) is 5.73 Å². The molecule has 27 heavy (non-hydrogen) atoms. The van der Waals surface area contributed by atoms with Gasteiger partial charge < -0.3 is 15.7 Å². The highest BCUT2D eigenvalue weighted by molar-refractivity contribution is 5.95. The van der Waals surface area contributed by atoms with Crippen LogP contribution in [0.4, 0.5) is 0 Å². The zero-order chi connectivity index (χ0) is 19.2. The summed E-state index contributed by atoms with van der Waals surface area (Å²) >= 11 is 0. The first-order valence-electron chi connectivity index (χ1n) is 9.48. The van der Waals surface area contributed by atoms with E-state index in [9.17, 15) is 9.59 Å². The minimum Gasteiger partial charge on any atom is -0.396 e. The highest BCUT2D eigenvalue weighted by atomic mass is 16.3. The summed E-state index contributed by atoms with van der Waals surface area (Å²) in [6.45, 7) is 0.814. The van der Waals surface area contributed by atoms with Crippen molar-refractivity contribution in [2.45, 2.75) is 38.1 Å². The van der Waals surface area contributed by atoms with Gasteiger partial charge in [-0.15, -0.1) is 0 Å². The number of nitrogens with two attached hydrogens (primary N) is 1. The number of rotatable bonds is 6. The number of carbonyl (C=O) groups excluding carboxylic acids is 2. The molecule has 1 fully saturated rings. The van der Waals surface area contributed by atoms with Crippen LogP contribution < -0.4 is 5.73 Å². The number of aliphatic hydroxyl groups excluding tert-OH is 1.